The summed E-state index contributed by atoms with van der Waals surface area (Å²) < 4.78 is 4.96. The Hall–Kier alpha value is -3.08. The van der Waals surface area contributed by atoms with Gasteiger partial charge in [-0.25, -0.2) is 4.79 Å². The topological polar surface area (TPSA) is 73.6 Å². The Kier molecular flexibility index (Phi) is 4.33. The molecule has 2 N–H and O–H groups in total. The average Bonchev–Trinajstić information content (AvgIpc) is 2.90. The van der Waals surface area contributed by atoms with Crippen molar-refractivity contribution in [2.24, 2.45) is 0 Å². The van der Waals surface area contributed by atoms with Gasteiger partial charge in [0.05, 0.1) is 24.3 Å². The van der Waals surface area contributed by atoms with E-state index in [1.807, 2.05) is 30.3 Å². The highest BCUT2D eigenvalue weighted by Gasteiger charge is 2.29. The second-order valence-corrected chi connectivity index (χ2v) is 5.39. The molecule has 0 spiro atoms. The summed E-state index contributed by atoms with van der Waals surface area (Å²) in [4.78, 5) is 13.4. The maximum absolute atomic E-state index is 11.7. The SMILES string of the molecule is CCOC(=O)c1ccc(N2CC(O)=C(c3ccccc3)C2=N)cc1. The molecule has 5 heteroatoms. The van der Waals surface area contributed by atoms with Crippen LogP contribution in [0.1, 0.15) is 22.8 Å². The smallest absolute Gasteiger partial charge is 0.338 e. The van der Waals surface area contributed by atoms with E-state index >= 15 is 0 Å². The van der Waals surface area contributed by atoms with Crippen LogP contribution in [0.2, 0.25) is 0 Å². The fraction of sp³-hybridized carbons (Fsp3) is 0.158. The van der Waals surface area contributed by atoms with Crippen molar-refractivity contribution >= 4 is 23.1 Å². The van der Waals surface area contributed by atoms with Crippen LogP contribution in [-0.4, -0.2) is 30.1 Å². The average molecular weight is 322 g/mol. The number of aliphatic hydroxyl groups is 1. The van der Waals surface area contributed by atoms with Gasteiger partial charge in [-0.05, 0) is 36.8 Å². The van der Waals surface area contributed by atoms with Crippen LogP contribution in [0.5, 0.6) is 0 Å². The number of ether oxygens (including phenoxy) is 1. The minimum atomic E-state index is -0.369. The Bertz CT molecular complexity index is 795. The molecule has 1 aliphatic rings. The van der Waals surface area contributed by atoms with E-state index in [0.29, 0.717) is 17.7 Å². The van der Waals surface area contributed by atoms with Crippen molar-refractivity contribution in [1.82, 2.24) is 0 Å². The molecule has 0 saturated carbocycles. The number of rotatable bonds is 4. The van der Waals surface area contributed by atoms with Crippen LogP contribution < -0.4 is 4.90 Å². The normalized spacial score (nSPS) is 14.2. The summed E-state index contributed by atoms with van der Waals surface area (Å²) >= 11 is 0. The van der Waals surface area contributed by atoms with Crippen molar-refractivity contribution in [3.05, 3.63) is 71.5 Å². The van der Waals surface area contributed by atoms with E-state index in [1.165, 1.54) is 0 Å². The summed E-state index contributed by atoms with van der Waals surface area (Å²) in [5.74, 6) is 0.0368. The lowest BCUT2D eigenvalue weighted by atomic mass is 10.1. The molecule has 1 heterocycles. The van der Waals surface area contributed by atoms with E-state index in [4.69, 9.17) is 10.1 Å². The molecule has 0 radical (unpaired) electrons. The predicted octanol–water partition coefficient (Wildman–Crippen LogP) is 3.63. The molecule has 24 heavy (non-hydrogen) atoms. The van der Waals surface area contributed by atoms with Gasteiger partial charge in [0.25, 0.3) is 0 Å². The number of hydrogen-bond donors (Lipinski definition) is 2. The molecule has 0 atom stereocenters. The van der Waals surface area contributed by atoms with Gasteiger partial charge in [-0.1, -0.05) is 30.3 Å². The number of hydrogen-bond acceptors (Lipinski definition) is 4. The van der Waals surface area contributed by atoms with Crippen LogP contribution in [0.25, 0.3) is 5.57 Å². The van der Waals surface area contributed by atoms with Crippen LogP contribution in [-0.2, 0) is 4.74 Å². The standard InChI is InChI=1S/C19H18N2O3/c1-2-24-19(23)14-8-10-15(11-9-14)21-12-16(22)17(18(21)20)13-6-4-3-5-7-13/h3-11,20,22H,2,12H2,1H3. The minimum absolute atomic E-state index is 0.167. The van der Waals surface area contributed by atoms with E-state index in [1.54, 1.807) is 36.1 Å². The van der Waals surface area contributed by atoms with Gasteiger partial charge in [-0.15, -0.1) is 0 Å². The molecule has 3 rings (SSSR count). The molecule has 5 nitrogen and oxygen atoms in total. The lowest BCUT2D eigenvalue weighted by molar-refractivity contribution is 0.0526. The van der Waals surface area contributed by atoms with Crippen LogP contribution in [0.15, 0.2) is 60.4 Å². The van der Waals surface area contributed by atoms with Gasteiger partial charge < -0.3 is 14.7 Å². The summed E-state index contributed by atoms with van der Waals surface area (Å²) in [6.45, 7) is 2.33. The number of nitrogens with one attached hydrogen (secondary N) is 1. The van der Waals surface area contributed by atoms with Gasteiger partial charge >= 0.3 is 5.97 Å². The molecule has 1 aliphatic heterocycles. The largest absolute Gasteiger partial charge is 0.510 e. The minimum Gasteiger partial charge on any atom is -0.510 e. The van der Waals surface area contributed by atoms with Crippen molar-refractivity contribution in [3.8, 4) is 0 Å². The number of carbonyl (C=O) groups excluding carboxylic acids is 1. The fourth-order valence-corrected chi connectivity index (χ4v) is 2.70. The van der Waals surface area contributed by atoms with E-state index in [-0.39, 0.29) is 24.1 Å². The third kappa shape index (κ3) is 2.88. The second kappa shape index (κ2) is 6.58. The Morgan fingerprint density at radius 3 is 2.46 bits per heavy atom. The van der Waals surface area contributed by atoms with Crippen molar-refractivity contribution in [1.29, 1.82) is 5.41 Å². The Balaban J connectivity index is 1.83. The molecular weight excluding hydrogens is 304 g/mol. The van der Waals surface area contributed by atoms with Gasteiger partial charge in [0.2, 0.25) is 0 Å². The molecular formula is C19H18N2O3. The predicted molar refractivity (Wildman–Crippen MR) is 93.5 cm³/mol. The number of nitrogens with zero attached hydrogens (tertiary/aromatic N) is 1. The first kappa shape index (κ1) is 15.8. The van der Waals surface area contributed by atoms with Gasteiger partial charge in [-0.3, -0.25) is 5.41 Å². The lowest BCUT2D eigenvalue weighted by Crippen LogP contribution is -2.26. The van der Waals surface area contributed by atoms with Gasteiger partial charge in [0.15, 0.2) is 0 Å². The fourth-order valence-electron chi connectivity index (χ4n) is 2.70. The van der Waals surface area contributed by atoms with Crippen LogP contribution in [0, 0.1) is 5.41 Å². The van der Waals surface area contributed by atoms with Crippen molar-refractivity contribution in [2.45, 2.75) is 6.92 Å². The molecule has 2 aromatic carbocycles. The molecule has 2 aromatic rings. The number of carbonyl (C=O) groups is 1. The first-order valence-electron chi connectivity index (χ1n) is 7.73. The second-order valence-electron chi connectivity index (χ2n) is 5.39. The summed E-state index contributed by atoms with van der Waals surface area (Å²) in [5.41, 5.74) is 2.55. The Labute approximate surface area is 140 Å². The van der Waals surface area contributed by atoms with Crippen LogP contribution in [0.3, 0.4) is 0 Å². The molecule has 0 bridgehead atoms. The summed E-state index contributed by atoms with van der Waals surface area (Å²) in [5, 5.41) is 18.7. The van der Waals surface area contributed by atoms with E-state index in [9.17, 15) is 9.90 Å². The quantitative estimate of drug-likeness (QED) is 0.843. The van der Waals surface area contributed by atoms with E-state index < -0.39 is 0 Å². The molecule has 0 amide bonds. The summed E-state index contributed by atoms with van der Waals surface area (Å²) in [6.07, 6.45) is 0. The third-order valence-electron chi connectivity index (χ3n) is 3.86. The maximum Gasteiger partial charge on any atom is 0.338 e. The zero-order chi connectivity index (χ0) is 17.1. The number of amidine groups is 1. The highest BCUT2D eigenvalue weighted by molar-refractivity contribution is 6.30. The first-order valence-corrected chi connectivity index (χ1v) is 7.73. The molecule has 0 unspecified atom stereocenters. The molecule has 0 aliphatic carbocycles. The molecule has 0 aromatic heterocycles. The van der Waals surface area contributed by atoms with E-state index in [2.05, 4.69) is 0 Å². The number of esters is 1. The molecule has 122 valence electrons. The Morgan fingerprint density at radius 1 is 1.17 bits per heavy atom. The van der Waals surface area contributed by atoms with Gasteiger partial charge in [-0.2, -0.15) is 0 Å². The maximum atomic E-state index is 11.7. The zero-order valence-corrected chi connectivity index (χ0v) is 13.3. The molecule has 0 fully saturated rings. The number of aliphatic hydroxyl groups excluding tert-OH is 1. The van der Waals surface area contributed by atoms with Gasteiger partial charge in [0, 0.05) is 5.69 Å². The van der Waals surface area contributed by atoms with E-state index in [0.717, 1.165) is 11.3 Å². The third-order valence-corrected chi connectivity index (χ3v) is 3.86. The lowest BCUT2D eigenvalue weighted by Gasteiger charge is -2.19. The molecule has 0 saturated heterocycles. The highest BCUT2D eigenvalue weighted by Crippen LogP contribution is 2.31. The Morgan fingerprint density at radius 2 is 1.83 bits per heavy atom. The number of benzene rings is 2. The van der Waals surface area contributed by atoms with Crippen molar-refractivity contribution in [2.75, 3.05) is 18.1 Å². The summed E-state index contributed by atoms with van der Waals surface area (Å²) in [7, 11) is 0. The summed E-state index contributed by atoms with van der Waals surface area (Å²) in [6, 6.07) is 16.2. The van der Waals surface area contributed by atoms with Crippen LogP contribution in [0.4, 0.5) is 5.69 Å². The van der Waals surface area contributed by atoms with Gasteiger partial charge in [0.1, 0.15) is 11.6 Å². The number of anilines is 1. The van der Waals surface area contributed by atoms with Crippen LogP contribution >= 0.6 is 0 Å². The monoisotopic (exact) mass is 322 g/mol. The first-order chi connectivity index (χ1) is 11.6. The highest BCUT2D eigenvalue weighted by atomic mass is 16.5. The zero-order valence-electron chi connectivity index (χ0n) is 13.3. The van der Waals surface area contributed by atoms with Crippen molar-refractivity contribution < 1.29 is 14.6 Å². The van der Waals surface area contributed by atoms with Crippen molar-refractivity contribution in [3.63, 3.8) is 0 Å².